The minimum Gasteiger partial charge on any atom is -0.321 e. The summed E-state index contributed by atoms with van der Waals surface area (Å²) in [7, 11) is 0. The van der Waals surface area contributed by atoms with Crippen LogP contribution in [0.25, 0.3) is 0 Å². The summed E-state index contributed by atoms with van der Waals surface area (Å²) in [6.45, 7) is 12.8. The van der Waals surface area contributed by atoms with E-state index in [4.69, 9.17) is 5.73 Å². The molecule has 2 nitrogen and oxygen atoms in total. The van der Waals surface area contributed by atoms with Gasteiger partial charge in [-0.2, -0.15) is 0 Å². The lowest BCUT2D eigenvalue weighted by Crippen LogP contribution is -2.32. The number of ketones is 1. The Hall–Kier alpha value is -1.49. The normalized spacial score (nSPS) is 11.6. The summed E-state index contributed by atoms with van der Waals surface area (Å²) in [4.78, 5) is 10.7. The lowest BCUT2D eigenvalue weighted by molar-refractivity contribution is 0.101. The van der Waals surface area contributed by atoms with Crippen molar-refractivity contribution in [1.29, 1.82) is 0 Å². The van der Waals surface area contributed by atoms with Gasteiger partial charge in [0.15, 0.2) is 5.78 Å². The molecule has 27 heavy (non-hydrogen) atoms. The van der Waals surface area contributed by atoms with Crippen LogP contribution in [0.1, 0.15) is 49.5 Å². The molecule has 0 bridgehead atoms. The maximum Gasteiger partial charge on any atom is 0.159 e. The van der Waals surface area contributed by atoms with Crippen LogP contribution >= 0.6 is 31.9 Å². The van der Waals surface area contributed by atoms with Crippen molar-refractivity contribution in [3.63, 3.8) is 0 Å². The Labute approximate surface area is 180 Å². The predicted molar refractivity (Wildman–Crippen MR) is 125 cm³/mol. The van der Waals surface area contributed by atoms with Crippen LogP contribution in [-0.4, -0.2) is 5.78 Å². The molecule has 0 spiro atoms. The zero-order valence-corrected chi connectivity index (χ0v) is 19.5. The lowest BCUT2D eigenvalue weighted by Gasteiger charge is -2.23. The Kier molecular flexibility index (Phi) is 12.9. The zero-order valence-electron chi connectivity index (χ0n) is 16.3. The van der Waals surface area contributed by atoms with E-state index in [-0.39, 0.29) is 11.3 Å². The lowest BCUT2D eigenvalue weighted by atomic mass is 9.90. The number of benzene rings is 2. The molecule has 0 aliphatic carbocycles. The molecule has 146 valence electrons. The number of halogens is 2. The number of nitrogens with two attached hydrogens (primary N) is 1. The zero-order chi connectivity index (χ0) is 20.9. The highest BCUT2D eigenvalue weighted by Gasteiger charge is 2.18. The molecule has 0 aliphatic heterocycles. The van der Waals surface area contributed by atoms with Crippen LogP contribution in [0.4, 0.5) is 0 Å². The number of hydrogen-bond acceptors (Lipinski definition) is 2. The summed E-state index contributed by atoms with van der Waals surface area (Å²) in [6, 6.07) is 15.4. The molecule has 0 fully saturated rings. The van der Waals surface area contributed by atoms with Gasteiger partial charge in [-0.1, -0.05) is 75.2 Å². The van der Waals surface area contributed by atoms with Gasteiger partial charge in [0.1, 0.15) is 0 Å². The molecule has 2 aromatic carbocycles. The van der Waals surface area contributed by atoms with E-state index in [9.17, 15) is 4.79 Å². The Bertz CT molecular complexity index is 704. The van der Waals surface area contributed by atoms with E-state index < -0.39 is 0 Å². The molecule has 0 amide bonds. The van der Waals surface area contributed by atoms with E-state index in [0.29, 0.717) is 0 Å². The molecular formula is C23H29Br2NO. The van der Waals surface area contributed by atoms with Crippen LogP contribution in [0.3, 0.4) is 0 Å². The summed E-state index contributed by atoms with van der Waals surface area (Å²) in [5.41, 5.74) is 7.70. The van der Waals surface area contributed by atoms with Gasteiger partial charge in [0, 0.05) is 20.0 Å². The number of rotatable bonds is 5. The third-order valence-corrected chi connectivity index (χ3v) is 4.67. The van der Waals surface area contributed by atoms with Crippen molar-refractivity contribution in [2.45, 2.75) is 39.2 Å². The quantitative estimate of drug-likeness (QED) is 0.346. The Morgan fingerprint density at radius 1 is 1.00 bits per heavy atom. The number of carbonyl (C=O) groups excluding carboxylic acids is 1. The van der Waals surface area contributed by atoms with Gasteiger partial charge in [-0.3, -0.25) is 4.79 Å². The van der Waals surface area contributed by atoms with Gasteiger partial charge in [-0.15, -0.1) is 13.2 Å². The highest BCUT2D eigenvalue weighted by molar-refractivity contribution is 9.10. The van der Waals surface area contributed by atoms with E-state index in [1.165, 1.54) is 0 Å². The molecule has 2 aromatic rings. The molecule has 2 rings (SSSR count). The smallest absolute Gasteiger partial charge is 0.159 e. The van der Waals surface area contributed by atoms with Crippen molar-refractivity contribution in [2.24, 2.45) is 5.73 Å². The van der Waals surface area contributed by atoms with E-state index in [1.54, 1.807) is 19.1 Å². The number of Topliss-reactive ketones (excluding diaryl/α,β-unsaturated/α-hetero) is 1. The topological polar surface area (TPSA) is 43.1 Å². The summed E-state index contributed by atoms with van der Waals surface area (Å²) in [5, 5.41) is 0. The van der Waals surface area contributed by atoms with E-state index in [0.717, 1.165) is 32.9 Å². The summed E-state index contributed by atoms with van der Waals surface area (Å²) >= 11 is 6.67. The molecular weight excluding hydrogens is 466 g/mol. The highest BCUT2D eigenvalue weighted by atomic mass is 79.9. The number of hydrogen-bond donors (Lipinski definition) is 1. The fourth-order valence-electron chi connectivity index (χ4n) is 1.93. The second-order valence-electron chi connectivity index (χ2n) is 6.18. The molecule has 1 unspecified atom stereocenters. The molecule has 0 saturated carbocycles. The van der Waals surface area contributed by atoms with Gasteiger partial charge >= 0.3 is 0 Å². The average Bonchev–Trinajstić information content (AvgIpc) is 2.63. The van der Waals surface area contributed by atoms with Crippen molar-refractivity contribution < 1.29 is 4.79 Å². The molecule has 0 aliphatic rings. The number of allylic oxidation sites excluding steroid dienone is 1. The first-order chi connectivity index (χ1) is 12.7. The first-order valence-corrected chi connectivity index (χ1v) is 10.3. The van der Waals surface area contributed by atoms with Crippen LogP contribution in [0.15, 0.2) is 82.8 Å². The van der Waals surface area contributed by atoms with Gasteiger partial charge in [-0.05, 0) is 56.5 Å². The van der Waals surface area contributed by atoms with Gasteiger partial charge in [0.05, 0.1) is 0 Å². The molecule has 0 heterocycles. The molecule has 0 radical (unpaired) electrons. The van der Waals surface area contributed by atoms with Crippen molar-refractivity contribution in [3.05, 3.63) is 93.9 Å². The molecule has 1 atom stereocenters. The molecule has 0 saturated heterocycles. The van der Waals surface area contributed by atoms with Crippen molar-refractivity contribution in [2.75, 3.05) is 0 Å². The molecule has 4 heteroatoms. The van der Waals surface area contributed by atoms with Crippen LogP contribution in [0.5, 0.6) is 0 Å². The summed E-state index contributed by atoms with van der Waals surface area (Å²) in [6.07, 6.45) is 5.59. The van der Waals surface area contributed by atoms with Crippen molar-refractivity contribution >= 4 is 37.6 Å². The standard InChI is InChI=1S/C11H14BrN.C8H7BrO.C4H8/c1-3-8-11(2,13)9-4-6-10(12)7-5-9;1-6(10)7-2-4-8(9)5-3-7;1-3-4-2/h3-7H,1,8,13H2,2H3;2-5H,1H3;3H,1,4H2,2H3. The second-order valence-corrected chi connectivity index (χ2v) is 8.01. The molecule has 2 N–H and O–H groups in total. The number of carbonyl (C=O) groups is 1. The maximum atomic E-state index is 10.7. The predicted octanol–water partition coefficient (Wildman–Crippen LogP) is 7.43. The van der Waals surface area contributed by atoms with Crippen molar-refractivity contribution in [3.8, 4) is 0 Å². The third kappa shape index (κ3) is 11.1. The van der Waals surface area contributed by atoms with Crippen LogP contribution in [0, 0.1) is 0 Å². The van der Waals surface area contributed by atoms with Gasteiger partial charge in [-0.25, -0.2) is 0 Å². The SMILES string of the molecule is C=CCC.C=CCC(C)(N)c1ccc(Br)cc1.CC(=O)c1ccc(Br)cc1. The third-order valence-electron chi connectivity index (χ3n) is 3.61. The van der Waals surface area contributed by atoms with Gasteiger partial charge < -0.3 is 5.73 Å². The molecule has 0 aromatic heterocycles. The second kappa shape index (κ2) is 13.6. The Balaban J connectivity index is 0.000000428. The first kappa shape index (κ1) is 25.5. The highest BCUT2D eigenvalue weighted by Crippen LogP contribution is 2.23. The van der Waals surface area contributed by atoms with Crippen molar-refractivity contribution in [1.82, 2.24) is 0 Å². The maximum absolute atomic E-state index is 10.7. The Morgan fingerprint density at radius 3 is 1.74 bits per heavy atom. The largest absolute Gasteiger partial charge is 0.321 e. The first-order valence-electron chi connectivity index (χ1n) is 8.71. The van der Waals surface area contributed by atoms with E-state index in [2.05, 4.69) is 51.9 Å². The Morgan fingerprint density at radius 2 is 1.41 bits per heavy atom. The minimum absolute atomic E-state index is 0.104. The van der Waals surface area contributed by atoms with E-state index in [1.807, 2.05) is 55.5 Å². The average molecular weight is 495 g/mol. The van der Waals surface area contributed by atoms with Crippen LogP contribution in [-0.2, 0) is 5.54 Å². The summed E-state index contributed by atoms with van der Waals surface area (Å²) < 4.78 is 2.07. The van der Waals surface area contributed by atoms with Gasteiger partial charge in [0.2, 0.25) is 0 Å². The van der Waals surface area contributed by atoms with E-state index >= 15 is 0 Å². The van der Waals surface area contributed by atoms with Crippen LogP contribution in [0.2, 0.25) is 0 Å². The summed E-state index contributed by atoms with van der Waals surface area (Å²) in [5.74, 6) is 0.104. The van der Waals surface area contributed by atoms with Crippen LogP contribution < -0.4 is 5.73 Å². The van der Waals surface area contributed by atoms with Gasteiger partial charge in [0.25, 0.3) is 0 Å². The minimum atomic E-state index is -0.303. The fourth-order valence-corrected chi connectivity index (χ4v) is 2.46. The monoisotopic (exact) mass is 493 g/mol. The fraction of sp³-hybridized carbons (Fsp3) is 0.261.